The van der Waals surface area contributed by atoms with Crippen LogP contribution in [0.15, 0.2) is 0 Å². The molecule has 0 bridgehead atoms. The van der Waals surface area contributed by atoms with Gasteiger partial charge >= 0.3 is 0 Å². The third-order valence-corrected chi connectivity index (χ3v) is 0.632. The summed E-state index contributed by atoms with van der Waals surface area (Å²) in [5.74, 6) is 0. The second kappa shape index (κ2) is 6.82. The zero-order valence-corrected chi connectivity index (χ0v) is 8.20. The quantitative estimate of drug-likeness (QED) is 0.383. The van der Waals surface area contributed by atoms with Gasteiger partial charge in [-0.15, -0.1) is 18.5 Å². The minimum Gasteiger partial charge on any atom is -0.395 e. The molecule has 4 heteroatoms. The molecule has 0 aromatic heterocycles. The summed E-state index contributed by atoms with van der Waals surface area (Å²) in [5, 5.41) is 8.38. The maximum atomic E-state index is 8.10. The van der Waals surface area contributed by atoms with Crippen molar-refractivity contribution in [1.29, 1.82) is 0 Å². The number of aliphatic hydroxyl groups is 1. The molecule has 0 aromatic rings. The van der Waals surface area contributed by atoms with Gasteiger partial charge in [0.2, 0.25) is 0 Å². The third-order valence-electron chi connectivity index (χ3n) is 0.211. The molecule has 0 fully saturated rings. The first-order valence-corrected chi connectivity index (χ1v) is 2.72. The molecular formula is C2H8NaOP2. The Morgan fingerprint density at radius 3 is 1.67 bits per heavy atom. The molecule has 6 heavy (non-hydrogen) atoms. The minimum absolute atomic E-state index is 0. The fraction of sp³-hybridized carbons (Fsp3) is 1.00. The van der Waals surface area contributed by atoms with E-state index in [2.05, 4.69) is 18.5 Å². The maximum absolute atomic E-state index is 8.10. The van der Waals surface area contributed by atoms with Crippen molar-refractivity contribution in [3.05, 3.63) is 0 Å². The minimum atomic E-state index is 0. The van der Waals surface area contributed by atoms with E-state index in [9.17, 15) is 0 Å². The predicted octanol–water partition coefficient (Wildman–Crippen LogP) is -0.326. The Morgan fingerprint density at radius 2 is 1.67 bits per heavy atom. The Labute approximate surface area is 65.0 Å². The maximum Gasteiger partial charge on any atom is 0.0528 e. The topological polar surface area (TPSA) is 20.2 Å². The molecule has 1 nitrogen and oxygen atoms in total. The van der Waals surface area contributed by atoms with Gasteiger partial charge in [0.25, 0.3) is 0 Å². The van der Waals surface area contributed by atoms with Gasteiger partial charge in [-0.1, -0.05) is 0 Å². The summed E-state index contributed by atoms with van der Waals surface area (Å²) in [7, 11) is 4.89. The van der Waals surface area contributed by atoms with Crippen LogP contribution in [-0.4, -0.2) is 46.7 Å². The van der Waals surface area contributed by atoms with Crippen LogP contribution in [0.4, 0.5) is 0 Å². The van der Waals surface area contributed by atoms with Crippen LogP contribution in [0.5, 0.6) is 0 Å². The van der Waals surface area contributed by atoms with Crippen molar-refractivity contribution >= 4 is 48.0 Å². The van der Waals surface area contributed by atoms with E-state index in [1.807, 2.05) is 0 Å². The smallest absolute Gasteiger partial charge is 0.0528 e. The molecule has 1 radical (unpaired) electrons. The fourth-order valence-electron chi connectivity index (χ4n) is 0. The van der Waals surface area contributed by atoms with Crippen molar-refractivity contribution in [2.75, 3.05) is 6.61 Å². The van der Waals surface area contributed by atoms with Crippen LogP contribution in [-0.2, 0) is 0 Å². The van der Waals surface area contributed by atoms with Gasteiger partial charge in [0, 0.05) is 35.0 Å². The first kappa shape index (κ1) is 10.7. The molecule has 0 aliphatic rings. The molecule has 1 N–H and O–H groups in total. The van der Waals surface area contributed by atoms with Crippen molar-refractivity contribution in [3.8, 4) is 0 Å². The molecule has 2 atom stereocenters. The van der Waals surface area contributed by atoms with Crippen molar-refractivity contribution in [3.63, 3.8) is 0 Å². The summed E-state index contributed by atoms with van der Waals surface area (Å²) in [4.78, 5) is 0. The number of rotatable bonds is 1. The molecule has 0 aromatic carbocycles. The summed E-state index contributed by atoms with van der Waals surface area (Å²) in [6, 6.07) is 0. The number of hydrogen-bond acceptors (Lipinski definition) is 1. The first-order chi connectivity index (χ1) is 2.27. The summed E-state index contributed by atoms with van der Waals surface area (Å²) in [6.07, 6.45) is 0. The van der Waals surface area contributed by atoms with E-state index in [0.717, 1.165) is 0 Å². The normalized spacial score (nSPS) is 8.00. The predicted molar refractivity (Wildman–Crippen MR) is 36.0 cm³/mol. The molecule has 0 saturated carbocycles. The van der Waals surface area contributed by atoms with Crippen LogP contribution in [0.3, 0.4) is 0 Å². The second-order valence-electron chi connectivity index (χ2n) is 0.846. The standard InChI is InChI=1S/C2H8OP2.Na/c3-1-2(4)5;/h2-3H,1,4-5H2;. The molecule has 2 unspecified atom stereocenters. The van der Waals surface area contributed by atoms with E-state index in [0.29, 0.717) is 0 Å². The van der Waals surface area contributed by atoms with Crippen molar-refractivity contribution in [2.24, 2.45) is 0 Å². The Kier molecular flexibility index (Phi) is 12.2. The largest absolute Gasteiger partial charge is 0.395 e. The van der Waals surface area contributed by atoms with Crippen molar-refractivity contribution in [2.45, 2.75) is 5.40 Å². The van der Waals surface area contributed by atoms with Gasteiger partial charge in [0.15, 0.2) is 0 Å². The average molecular weight is 133 g/mol. The van der Waals surface area contributed by atoms with Gasteiger partial charge in [-0.3, -0.25) is 0 Å². The Balaban J connectivity index is 0. The van der Waals surface area contributed by atoms with Crippen molar-refractivity contribution in [1.82, 2.24) is 0 Å². The van der Waals surface area contributed by atoms with E-state index >= 15 is 0 Å². The van der Waals surface area contributed by atoms with Crippen LogP contribution in [0, 0.1) is 0 Å². The molecule has 0 aliphatic heterocycles. The van der Waals surface area contributed by atoms with Crippen LogP contribution in [0.1, 0.15) is 0 Å². The monoisotopic (exact) mass is 133 g/mol. The zero-order valence-electron chi connectivity index (χ0n) is 3.89. The number of hydrogen-bond donors (Lipinski definition) is 1. The molecule has 0 rings (SSSR count). The molecule has 33 valence electrons. The second-order valence-corrected chi connectivity index (χ2v) is 3.33. The summed E-state index contributed by atoms with van der Waals surface area (Å²) >= 11 is 0. The average Bonchev–Trinajstić information content (AvgIpc) is 1.38. The fourth-order valence-corrected chi connectivity index (χ4v) is 0. The molecule has 0 saturated heterocycles. The van der Waals surface area contributed by atoms with Gasteiger partial charge < -0.3 is 5.11 Å². The molecule has 0 amide bonds. The van der Waals surface area contributed by atoms with E-state index < -0.39 is 0 Å². The van der Waals surface area contributed by atoms with E-state index in [-0.39, 0.29) is 41.6 Å². The molecule has 0 heterocycles. The summed E-state index contributed by atoms with van der Waals surface area (Å²) < 4.78 is 0. The van der Waals surface area contributed by atoms with Crippen LogP contribution >= 0.6 is 18.5 Å². The van der Waals surface area contributed by atoms with E-state index in [1.54, 1.807) is 0 Å². The van der Waals surface area contributed by atoms with E-state index in [1.165, 1.54) is 0 Å². The van der Waals surface area contributed by atoms with Gasteiger partial charge in [0.1, 0.15) is 0 Å². The van der Waals surface area contributed by atoms with Gasteiger partial charge in [-0.05, 0) is 0 Å². The summed E-state index contributed by atoms with van der Waals surface area (Å²) in [6.45, 7) is 0.231. The number of aliphatic hydroxyl groups excluding tert-OH is 1. The first-order valence-electron chi connectivity index (χ1n) is 1.39. The Hall–Kier alpha value is 1.82. The zero-order chi connectivity index (χ0) is 4.28. The molecular weight excluding hydrogens is 125 g/mol. The van der Waals surface area contributed by atoms with Gasteiger partial charge in [-0.25, -0.2) is 0 Å². The Bertz CT molecular complexity index is 25.5. The summed E-state index contributed by atoms with van der Waals surface area (Å²) in [5.41, 5.74) is 0. The van der Waals surface area contributed by atoms with E-state index in [4.69, 9.17) is 5.11 Å². The molecule has 0 spiro atoms. The van der Waals surface area contributed by atoms with Gasteiger partial charge in [-0.2, -0.15) is 0 Å². The SMILES string of the molecule is OCC(P)P.[Na]. The van der Waals surface area contributed by atoms with Crippen LogP contribution < -0.4 is 0 Å². The van der Waals surface area contributed by atoms with Crippen molar-refractivity contribution < 1.29 is 5.11 Å². The molecule has 0 aliphatic carbocycles. The van der Waals surface area contributed by atoms with Crippen LogP contribution in [0.2, 0.25) is 0 Å². The third kappa shape index (κ3) is 9.27. The van der Waals surface area contributed by atoms with Gasteiger partial charge in [0.05, 0.1) is 6.61 Å². The Morgan fingerprint density at radius 1 is 1.50 bits per heavy atom. The van der Waals surface area contributed by atoms with Crippen LogP contribution in [0.25, 0.3) is 0 Å².